The number of carboxylic acids is 1. The highest BCUT2D eigenvalue weighted by atomic mass is 31.2. The van der Waals surface area contributed by atoms with E-state index < -0.39 is 25.5 Å². The maximum absolute atomic E-state index is 12.6. The van der Waals surface area contributed by atoms with Crippen LogP contribution in [0.2, 0.25) is 0 Å². The molecule has 1 aliphatic heterocycles. The van der Waals surface area contributed by atoms with Gasteiger partial charge in [-0.3, -0.25) is 4.57 Å². The SMILES string of the molecule is CCOC(OCC)P(=O)(O)CC1CNC(Cc2ccc(C(=O)O)cc2)CO1. The van der Waals surface area contributed by atoms with E-state index in [-0.39, 0.29) is 17.8 Å². The predicted octanol–water partition coefficient (Wildman–Crippen LogP) is 1.91. The third-order valence-corrected chi connectivity index (χ3v) is 6.15. The van der Waals surface area contributed by atoms with E-state index in [1.54, 1.807) is 38.1 Å². The second-order valence-electron chi connectivity index (χ2n) is 6.42. The number of hydrogen-bond donors (Lipinski definition) is 3. The number of morpholine rings is 1. The van der Waals surface area contributed by atoms with E-state index in [1.165, 1.54) is 0 Å². The highest BCUT2D eigenvalue weighted by Crippen LogP contribution is 2.48. The molecule has 0 aromatic heterocycles. The second kappa shape index (κ2) is 10.3. The molecule has 1 aromatic carbocycles. The predicted molar refractivity (Wildman–Crippen MR) is 100 cm³/mol. The number of hydrogen-bond acceptors (Lipinski definition) is 6. The molecule has 3 atom stereocenters. The van der Waals surface area contributed by atoms with Crippen molar-refractivity contribution in [1.29, 1.82) is 0 Å². The minimum absolute atomic E-state index is 0.0370. The van der Waals surface area contributed by atoms with Gasteiger partial charge in [0.05, 0.1) is 24.4 Å². The van der Waals surface area contributed by atoms with Crippen LogP contribution in [0.1, 0.15) is 29.8 Å². The maximum atomic E-state index is 12.6. The molecule has 8 nitrogen and oxygen atoms in total. The molecule has 1 fully saturated rings. The quantitative estimate of drug-likeness (QED) is 0.402. The topological polar surface area (TPSA) is 114 Å². The summed E-state index contributed by atoms with van der Waals surface area (Å²) in [6, 6.07) is 5.66. The molecule has 27 heavy (non-hydrogen) atoms. The number of rotatable bonds is 10. The lowest BCUT2D eigenvalue weighted by Crippen LogP contribution is -2.48. The zero-order chi connectivity index (χ0) is 19.9. The Kier molecular flexibility index (Phi) is 8.41. The van der Waals surface area contributed by atoms with Crippen LogP contribution in [-0.4, -0.2) is 66.7 Å². The normalized spacial score (nSPS) is 22.5. The number of ether oxygens (including phenoxy) is 3. The first-order chi connectivity index (χ1) is 12.9. The van der Waals surface area contributed by atoms with Crippen molar-refractivity contribution in [2.75, 3.05) is 32.5 Å². The van der Waals surface area contributed by atoms with Gasteiger partial charge in [-0.25, -0.2) is 4.79 Å². The van der Waals surface area contributed by atoms with E-state index in [4.69, 9.17) is 19.3 Å². The van der Waals surface area contributed by atoms with Crippen molar-refractivity contribution in [2.45, 2.75) is 38.4 Å². The van der Waals surface area contributed by atoms with Gasteiger partial charge in [0.25, 0.3) is 7.37 Å². The third-order valence-electron chi connectivity index (χ3n) is 4.26. The van der Waals surface area contributed by atoms with Crippen LogP contribution in [0.4, 0.5) is 0 Å². The third kappa shape index (κ3) is 6.68. The summed E-state index contributed by atoms with van der Waals surface area (Å²) in [5.74, 6) is -0.950. The molecule has 9 heteroatoms. The highest BCUT2D eigenvalue weighted by molar-refractivity contribution is 7.58. The van der Waals surface area contributed by atoms with E-state index in [1.807, 2.05) is 0 Å². The van der Waals surface area contributed by atoms with Crippen molar-refractivity contribution in [3.05, 3.63) is 35.4 Å². The molecule has 1 aromatic rings. The fraction of sp³-hybridized carbons (Fsp3) is 0.611. The molecular formula is C18H28NO7P. The molecule has 0 bridgehead atoms. The van der Waals surface area contributed by atoms with Gasteiger partial charge in [-0.05, 0) is 38.0 Å². The lowest BCUT2D eigenvalue weighted by molar-refractivity contribution is -0.0884. The number of carbonyl (C=O) groups is 1. The van der Waals surface area contributed by atoms with E-state index in [9.17, 15) is 14.3 Å². The molecule has 1 heterocycles. The van der Waals surface area contributed by atoms with E-state index >= 15 is 0 Å². The smallest absolute Gasteiger partial charge is 0.335 e. The Morgan fingerprint density at radius 1 is 1.30 bits per heavy atom. The highest BCUT2D eigenvalue weighted by Gasteiger charge is 2.37. The number of benzene rings is 1. The summed E-state index contributed by atoms with van der Waals surface area (Å²) in [4.78, 5) is 21.2. The number of nitrogens with one attached hydrogen (secondary N) is 1. The van der Waals surface area contributed by atoms with Crippen LogP contribution < -0.4 is 5.32 Å². The fourth-order valence-electron chi connectivity index (χ4n) is 2.93. The van der Waals surface area contributed by atoms with Crippen LogP contribution in [0.15, 0.2) is 24.3 Å². The first-order valence-electron chi connectivity index (χ1n) is 9.07. The molecule has 0 radical (unpaired) electrons. The minimum Gasteiger partial charge on any atom is -0.478 e. The van der Waals surface area contributed by atoms with Crippen LogP contribution in [0.5, 0.6) is 0 Å². The summed E-state index contributed by atoms with van der Waals surface area (Å²) in [5.41, 5.74) is 1.25. The lowest BCUT2D eigenvalue weighted by Gasteiger charge is -2.32. The van der Waals surface area contributed by atoms with Gasteiger partial charge < -0.3 is 29.5 Å². The molecule has 3 unspecified atom stereocenters. The molecule has 1 aliphatic rings. The summed E-state index contributed by atoms with van der Waals surface area (Å²) in [5, 5.41) is 12.3. The van der Waals surface area contributed by atoms with Gasteiger partial charge in [0.1, 0.15) is 0 Å². The molecule has 0 saturated carbocycles. The summed E-state index contributed by atoms with van der Waals surface area (Å²) in [6.07, 6.45) is 0.254. The van der Waals surface area contributed by atoms with Gasteiger partial charge >= 0.3 is 5.97 Å². The summed E-state index contributed by atoms with van der Waals surface area (Å²) in [6.45, 7) is 4.94. The maximum Gasteiger partial charge on any atom is 0.335 e. The fourth-order valence-corrected chi connectivity index (χ4v) is 4.68. The summed E-state index contributed by atoms with van der Waals surface area (Å²) in [7, 11) is -3.67. The van der Waals surface area contributed by atoms with E-state index in [2.05, 4.69) is 5.32 Å². The van der Waals surface area contributed by atoms with Crippen LogP contribution in [0.3, 0.4) is 0 Å². The zero-order valence-electron chi connectivity index (χ0n) is 15.7. The zero-order valence-corrected chi connectivity index (χ0v) is 16.6. The summed E-state index contributed by atoms with van der Waals surface area (Å²) >= 11 is 0. The Morgan fingerprint density at radius 3 is 2.41 bits per heavy atom. The van der Waals surface area contributed by atoms with Crippen molar-refractivity contribution >= 4 is 13.3 Å². The summed E-state index contributed by atoms with van der Waals surface area (Å²) < 4.78 is 28.9. The molecule has 0 aliphatic carbocycles. The van der Waals surface area contributed by atoms with Crippen LogP contribution in [-0.2, 0) is 25.2 Å². The number of aromatic carboxylic acids is 1. The molecule has 152 valence electrons. The Hall–Kier alpha value is -1.28. The van der Waals surface area contributed by atoms with Crippen molar-refractivity contribution in [2.24, 2.45) is 0 Å². The second-order valence-corrected chi connectivity index (χ2v) is 8.72. The molecule has 1 saturated heterocycles. The Morgan fingerprint density at radius 2 is 1.93 bits per heavy atom. The van der Waals surface area contributed by atoms with Gasteiger partial charge in [-0.15, -0.1) is 0 Å². The standard InChI is InChI=1S/C18H28NO7P/c1-3-24-18(25-4-2)27(22,23)12-16-10-19-15(11-26-16)9-13-5-7-14(8-6-13)17(20)21/h5-8,15-16,18-19H,3-4,9-12H2,1-2H3,(H,20,21)(H,22,23). The van der Waals surface area contributed by atoms with Crippen molar-refractivity contribution < 1.29 is 33.6 Å². The Balaban J connectivity index is 1.83. The monoisotopic (exact) mass is 401 g/mol. The van der Waals surface area contributed by atoms with Gasteiger partial charge in [0, 0.05) is 25.8 Å². The van der Waals surface area contributed by atoms with E-state index in [0.29, 0.717) is 32.8 Å². The van der Waals surface area contributed by atoms with Gasteiger partial charge in [0.2, 0.25) is 6.03 Å². The molecule has 0 amide bonds. The average molecular weight is 401 g/mol. The van der Waals surface area contributed by atoms with Crippen LogP contribution in [0.25, 0.3) is 0 Å². The van der Waals surface area contributed by atoms with Crippen molar-refractivity contribution in [3.8, 4) is 0 Å². The van der Waals surface area contributed by atoms with Crippen molar-refractivity contribution in [3.63, 3.8) is 0 Å². The molecule has 0 spiro atoms. The van der Waals surface area contributed by atoms with Crippen LogP contribution >= 0.6 is 7.37 Å². The van der Waals surface area contributed by atoms with Gasteiger partial charge in [0.15, 0.2) is 0 Å². The minimum atomic E-state index is -3.67. The first-order valence-corrected chi connectivity index (χ1v) is 11.0. The Labute approximate surface area is 159 Å². The van der Waals surface area contributed by atoms with E-state index in [0.717, 1.165) is 5.56 Å². The van der Waals surface area contributed by atoms with Gasteiger partial charge in [-0.1, -0.05) is 12.1 Å². The average Bonchev–Trinajstić information content (AvgIpc) is 2.63. The van der Waals surface area contributed by atoms with Crippen LogP contribution in [0, 0.1) is 0 Å². The Bertz CT molecular complexity index is 638. The number of carboxylic acid groups (broad SMARTS) is 1. The molecular weight excluding hydrogens is 373 g/mol. The first kappa shape index (κ1) is 22.0. The lowest BCUT2D eigenvalue weighted by atomic mass is 10.0. The molecule has 3 N–H and O–H groups in total. The molecule has 2 rings (SSSR count). The van der Waals surface area contributed by atoms with Crippen molar-refractivity contribution in [1.82, 2.24) is 5.32 Å². The largest absolute Gasteiger partial charge is 0.478 e. The van der Waals surface area contributed by atoms with Gasteiger partial charge in [-0.2, -0.15) is 0 Å².